The Balaban J connectivity index is 0.000000168. The molecule has 6 atom stereocenters. The van der Waals surface area contributed by atoms with Crippen molar-refractivity contribution in [2.75, 3.05) is 0 Å². The summed E-state index contributed by atoms with van der Waals surface area (Å²) >= 11 is 0. The standard InChI is InChI=1S/2C29H29N2.C27H25N2.C25H25N2.C11H8N.4Ir/c2*1-19(2)16-21-10-9-11-22(17-20(3)4)28(21)27-18-30-29-25-14-6-5-12-23(25)24-13-7-8-15-26(24)31(27)29;1-17(2)19-13-9-14-20(18(3)4)26(19)25-16-28-27-23-12-6-5-10-21(23)22-11-7-8-15-24(22)29(25)27;1-17(2)20-13-10-14-21(18(3)4)24(20)27-23-16-9-8-15-22(23)26-25(27)19-11-6-5-7-12-19;1-2-6-10(7-3-1)11-8-4-5-9-12-11;;;;/h2*5-13,15,18-20H,16-17H2,1-4H3;5-11,13-18H,1-4H3;5-11,13-18H,1-4H3;1-6,8-9H;;;;/q5*-1;;;;/i1D3,19D,20D;1D3,16D,17D;1D3,2D3,17D,18D;1D3,3D3,17D,18D;;;;;. The van der Waals surface area contributed by atoms with Crippen molar-refractivity contribution < 1.29 is 116 Å². The number of imidazole rings is 4. The molecule has 686 valence electrons. The number of para-hydroxylation sites is 6. The van der Waals surface area contributed by atoms with Gasteiger partial charge in [0.15, 0.2) is 0 Å². The van der Waals surface area contributed by atoms with Crippen molar-refractivity contribution in [3.8, 4) is 62.1 Å². The molecule has 8 heterocycles. The van der Waals surface area contributed by atoms with E-state index in [4.69, 9.17) is 50.6 Å². The molecule has 9 nitrogen and oxygen atoms in total. The zero-order valence-corrected chi connectivity index (χ0v) is 85.2. The van der Waals surface area contributed by atoms with Gasteiger partial charge in [-0.2, -0.15) is 0 Å². The number of hydrogen-bond donors (Lipinski definition) is 0. The van der Waals surface area contributed by atoms with Crippen LogP contribution in [0.25, 0.3) is 155 Å². The van der Waals surface area contributed by atoms with E-state index in [1.165, 1.54) is 51.1 Å². The molecule has 0 saturated heterocycles. The quantitative estimate of drug-likeness (QED) is 0.0631. The molecular weight excluding hydrogens is 2350 g/mol. The van der Waals surface area contributed by atoms with Gasteiger partial charge in [-0.15, -0.1) is 161 Å². The van der Waals surface area contributed by atoms with Gasteiger partial charge < -0.3 is 22.8 Å². The van der Waals surface area contributed by atoms with Crippen LogP contribution in [0, 0.1) is 54.0 Å². The molecule has 0 N–H and O–H groups in total. The largest absolute Gasteiger partial charge is 0.333 e. The predicted octanol–water partition coefficient (Wildman–Crippen LogP) is 31.6. The molecule has 8 aromatic heterocycles. The van der Waals surface area contributed by atoms with E-state index in [1.807, 2.05) is 220 Å². The number of fused-ring (bicyclic) bond motifs is 19. The molecule has 13 heteroatoms. The molecule has 134 heavy (non-hydrogen) atoms. The molecule has 0 saturated carbocycles. The van der Waals surface area contributed by atoms with E-state index in [2.05, 4.69) is 79.4 Å². The first-order valence-corrected chi connectivity index (χ1v) is 43.6. The van der Waals surface area contributed by atoms with Gasteiger partial charge in [-0.3, -0.25) is 19.9 Å². The Morgan fingerprint density at radius 3 is 1.16 bits per heavy atom. The summed E-state index contributed by atoms with van der Waals surface area (Å²) in [5.41, 5.74) is 16.1. The summed E-state index contributed by atoms with van der Waals surface area (Å²) in [7, 11) is 0. The van der Waals surface area contributed by atoms with Crippen LogP contribution in [0.5, 0.6) is 0 Å². The third-order valence-electron chi connectivity index (χ3n) is 23.0. The Kier molecular flexibility index (Phi) is 23.6. The van der Waals surface area contributed by atoms with Gasteiger partial charge in [-0.05, 0) is 176 Å². The number of hydrogen-bond acceptors (Lipinski definition) is 5. The fourth-order valence-electron chi connectivity index (χ4n) is 17.7. The Morgan fingerprint density at radius 2 is 0.716 bits per heavy atom. The van der Waals surface area contributed by atoms with E-state index in [9.17, 15) is 0 Å². The Morgan fingerprint density at radius 1 is 0.321 bits per heavy atom. The van der Waals surface area contributed by atoms with E-state index in [-0.39, 0.29) is 121 Å². The predicted molar refractivity (Wildman–Crippen MR) is 548 cm³/mol. The summed E-state index contributed by atoms with van der Waals surface area (Å²) < 4.78 is 224. The molecule has 0 bridgehead atoms. The molecule has 21 aromatic rings. The summed E-state index contributed by atoms with van der Waals surface area (Å²) in [6, 6.07) is 106. The third-order valence-corrected chi connectivity index (χ3v) is 23.0. The smallest absolute Gasteiger partial charge is 0.0774 e. The topological polar surface area (TPSA) is 82.6 Å². The van der Waals surface area contributed by atoms with Gasteiger partial charge in [0, 0.05) is 180 Å². The van der Waals surface area contributed by atoms with Crippen LogP contribution in [0.3, 0.4) is 0 Å². The monoisotopic (exact) mass is 2490 g/mol. The Labute approximate surface area is 881 Å². The van der Waals surface area contributed by atoms with Gasteiger partial charge in [-0.1, -0.05) is 278 Å². The maximum Gasteiger partial charge on any atom is 0.0774 e. The summed E-state index contributed by atoms with van der Waals surface area (Å²) in [5, 5.41) is 8.66. The van der Waals surface area contributed by atoms with E-state index in [1.54, 1.807) is 92.5 Å². The molecular formula is C121H116Ir4N9-5. The second-order valence-electron chi connectivity index (χ2n) is 33.4. The maximum absolute atomic E-state index is 9.01. The molecule has 0 aliphatic rings. The average Bonchev–Trinajstić information content (AvgIpc) is 1.19. The van der Waals surface area contributed by atoms with Crippen molar-refractivity contribution >= 4 is 93.0 Å². The van der Waals surface area contributed by atoms with Gasteiger partial charge in [0.05, 0.1) is 50.9 Å². The van der Waals surface area contributed by atoms with Crippen molar-refractivity contribution in [3.05, 3.63) is 391 Å². The second kappa shape index (κ2) is 44.9. The van der Waals surface area contributed by atoms with Crippen LogP contribution < -0.4 is 0 Å². The van der Waals surface area contributed by atoms with Crippen LogP contribution >= 0.6 is 0 Å². The van der Waals surface area contributed by atoms with Crippen molar-refractivity contribution in [1.82, 2.24) is 42.7 Å². The number of benzene rings is 13. The molecule has 0 aliphatic carbocycles. The van der Waals surface area contributed by atoms with Gasteiger partial charge in [0.25, 0.3) is 0 Å². The molecule has 4 radical (unpaired) electrons. The molecule has 13 aromatic carbocycles. The van der Waals surface area contributed by atoms with Gasteiger partial charge in [0.2, 0.25) is 0 Å². The normalized spacial score (nSPS) is 17.0. The summed E-state index contributed by atoms with van der Waals surface area (Å²) in [4.78, 5) is 23.3. The summed E-state index contributed by atoms with van der Waals surface area (Å²) in [6.45, 7) is 0.163. The molecule has 0 spiro atoms. The van der Waals surface area contributed by atoms with E-state index in [0.29, 0.717) is 51.3 Å². The minimum absolute atomic E-state index is 0. The van der Waals surface area contributed by atoms with Gasteiger partial charge >= 0.3 is 0 Å². The molecule has 0 fully saturated rings. The minimum Gasteiger partial charge on any atom is -0.333 e. The first-order chi connectivity index (χ1) is 73.3. The Bertz CT molecular complexity index is 8720. The van der Waals surface area contributed by atoms with E-state index >= 15 is 0 Å². The fourth-order valence-corrected chi connectivity index (χ4v) is 17.7. The first kappa shape index (κ1) is 70.4. The van der Waals surface area contributed by atoms with Crippen LogP contribution in [0.15, 0.2) is 316 Å². The fraction of sp³-hybridized carbons (Fsp3) is 0.231. The number of nitrogens with zero attached hydrogens (tertiary/aromatic N) is 9. The zero-order valence-electron chi connectivity index (χ0n) is 102. The Hall–Kier alpha value is -11.3. The van der Waals surface area contributed by atoms with Crippen LogP contribution in [-0.2, 0) is 106 Å². The minimum atomic E-state index is -3.18. The number of aromatic nitrogens is 9. The van der Waals surface area contributed by atoms with Crippen LogP contribution in [0.4, 0.5) is 0 Å². The second-order valence-corrected chi connectivity index (χ2v) is 33.4. The van der Waals surface area contributed by atoms with Crippen LogP contribution in [0.1, 0.15) is 214 Å². The van der Waals surface area contributed by atoms with Gasteiger partial charge in [-0.25, -0.2) is 0 Å². The molecule has 6 unspecified atom stereocenters. The number of pyridine rings is 4. The maximum atomic E-state index is 9.01. The first-order valence-electron chi connectivity index (χ1n) is 56.7. The van der Waals surface area contributed by atoms with Crippen molar-refractivity contribution in [3.63, 3.8) is 0 Å². The van der Waals surface area contributed by atoms with Gasteiger partial charge in [0.1, 0.15) is 0 Å². The summed E-state index contributed by atoms with van der Waals surface area (Å²) in [6.07, 6.45) is 5.97. The van der Waals surface area contributed by atoms with E-state index in [0.717, 1.165) is 127 Å². The van der Waals surface area contributed by atoms with Crippen molar-refractivity contribution in [2.24, 2.45) is 23.6 Å². The SMILES string of the molecule is [2H]C(C)(C)Cc1cccc(CC([2H])(C)C([2H])([2H])[2H])c1-c1cnc2c3[c-]cccc3c3ccccc3n12.[2H]C(C)(C)c1cccc(C([2H])(C([2H])([2H])[2H])C([2H])([2H])[2H])c1-c1cnc2c3[c-]cccc3c3ccccc3n12.[2H]C([2H])([2H])C([2H])(C)c1cccc(C([2H])(C)C([2H])([2H])[2H])c1-n1c(-c2[c-]cccc2)nc2ccccc21.[2H]C(c1cccc(C([2H])C(C)C([2H])([2H])[2H])c1-c1cnc2c3[c-]cccc3c3ccccc3n12)C(C)C.[Ir].[Ir].[Ir].[Ir].[c-]1ccccc1-c1ccccn1. The molecule has 0 aliphatic heterocycles. The van der Waals surface area contributed by atoms with Crippen molar-refractivity contribution in [1.29, 1.82) is 0 Å². The van der Waals surface area contributed by atoms with Crippen molar-refractivity contribution in [2.45, 2.75) is 160 Å². The molecule has 0 amide bonds. The summed E-state index contributed by atoms with van der Waals surface area (Å²) in [5.74, 6) is -11.2. The number of rotatable bonds is 18. The molecule has 21 rings (SSSR count). The van der Waals surface area contributed by atoms with E-state index < -0.39 is 95.2 Å². The van der Waals surface area contributed by atoms with Crippen LogP contribution in [0.2, 0.25) is 0 Å². The van der Waals surface area contributed by atoms with Crippen LogP contribution in [-0.4, -0.2) is 42.7 Å². The third kappa shape index (κ3) is 20.8. The zero-order chi connectivity index (χ0) is 113. The average molecular weight is 2490 g/mol.